The summed E-state index contributed by atoms with van der Waals surface area (Å²) in [5.41, 5.74) is 0.0371. The Morgan fingerprint density at radius 3 is 2.30 bits per heavy atom. The highest BCUT2D eigenvalue weighted by Crippen LogP contribution is 2.33. The van der Waals surface area contributed by atoms with Gasteiger partial charge in [0, 0.05) is 24.2 Å². The monoisotopic (exact) mass is 414 g/mol. The van der Waals surface area contributed by atoms with E-state index in [-0.39, 0.29) is 5.56 Å². The van der Waals surface area contributed by atoms with Crippen LogP contribution in [0, 0.1) is 0 Å². The van der Waals surface area contributed by atoms with Gasteiger partial charge in [-0.25, -0.2) is 4.68 Å². The van der Waals surface area contributed by atoms with E-state index < -0.39 is 30.1 Å². The van der Waals surface area contributed by atoms with Crippen molar-refractivity contribution in [2.24, 2.45) is 0 Å². The van der Waals surface area contributed by atoms with Crippen LogP contribution < -0.4 is 10.6 Å². The summed E-state index contributed by atoms with van der Waals surface area (Å²) in [7, 11) is 0. The van der Waals surface area contributed by atoms with E-state index in [0.29, 0.717) is 11.8 Å². The highest BCUT2D eigenvalue weighted by atomic mass is 19.4. The van der Waals surface area contributed by atoms with E-state index in [1.54, 1.807) is 53.5 Å². The van der Waals surface area contributed by atoms with Crippen molar-refractivity contribution in [3.63, 3.8) is 0 Å². The van der Waals surface area contributed by atoms with Gasteiger partial charge in [-0.1, -0.05) is 30.3 Å². The van der Waals surface area contributed by atoms with Crippen molar-refractivity contribution in [2.45, 2.75) is 6.18 Å². The van der Waals surface area contributed by atoms with Crippen molar-refractivity contribution < 1.29 is 22.8 Å². The van der Waals surface area contributed by atoms with Crippen molar-refractivity contribution in [1.29, 1.82) is 0 Å². The Kier molecular flexibility index (Phi) is 6.31. The van der Waals surface area contributed by atoms with Gasteiger partial charge < -0.3 is 10.6 Å². The summed E-state index contributed by atoms with van der Waals surface area (Å²) in [5.74, 6) is -1.59. The van der Waals surface area contributed by atoms with Crippen LogP contribution in [0.4, 0.5) is 18.9 Å². The molecule has 154 valence electrons. The fourth-order valence-electron chi connectivity index (χ4n) is 2.62. The summed E-state index contributed by atoms with van der Waals surface area (Å²) in [4.78, 5) is 23.9. The van der Waals surface area contributed by atoms with Gasteiger partial charge in [-0.3, -0.25) is 9.59 Å². The lowest BCUT2D eigenvalue weighted by atomic mass is 10.1. The molecule has 0 atom stereocenters. The number of carbonyl (C=O) groups excluding carboxylic acids is 2. The summed E-state index contributed by atoms with van der Waals surface area (Å²) >= 11 is 0. The van der Waals surface area contributed by atoms with E-state index in [0.717, 1.165) is 5.69 Å². The fraction of sp³-hybridized carbons (Fsp3) is 0.0952. The van der Waals surface area contributed by atoms with Crippen LogP contribution in [0.1, 0.15) is 5.56 Å². The lowest BCUT2D eigenvalue weighted by molar-refractivity contribution is -0.121. The van der Waals surface area contributed by atoms with Crippen LogP contribution in [-0.4, -0.2) is 34.3 Å². The van der Waals surface area contributed by atoms with E-state index in [1.165, 1.54) is 24.3 Å². The standard InChI is InChI=1S/C21H17F3N4O2/c22-21(23,24)18(15-5-2-1-3-6-15)13-19(29)25-14-20(30)27-16-7-9-17(10-8-16)28-12-4-11-26-28/h1-13H,14H2,(H,25,29)(H,27,30)/b18-13-. The van der Waals surface area contributed by atoms with Crippen LogP contribution in [0.15, 0.2) is 79.1 Å². The Morgan fingerprint density at radius 1 is 1.00 bits per heavy atom. The number of carbonyl (C=O) groups is 2. The van der Waals surface area contributed by atoms with Crippen LogP contribution in [0.5, 0.6) is 0 Å². The zero-order valence-corrected chi connectivity index (χ0v) is 15.6. The van der Waals surface area contributed by atoms with Crippen molar-refractivity contribution in [2.75, 3.05) is 11.9 Å². The number of rotatable bonds is 6. The van der Waals surface area contributed by atoms with E-state index in [9.17, 15) is 22.8 Å². The van der Waals surface area contributed by atoms with Crippen molar-refractivity contribution in [3.05, 3.63) is 84.7 Å². The van der Waals surface area contributed by atoms with Crippen molar-refractivity contribution >= 4 is 23.1 Å². The first-order valence-corrected chi connectivity index (χ1v) is 8.85. The molecular weight excluding hydrogens is 397 g/mol. The quantitative estimate of drug-likeness (QED) is 0.606. The Bertz CT molecular complexity index is 1030. The van der Waals surface area contributed by atoms with Gasteiger partial charge in [0.2, 0.25) is 11.8 Å². The number of halogens is 3. The molecule has 2 N–H and O–H groups in total. The highest BCUT2D eigenvalue weighted by molar-refractivity contribution is 6.00. The van der Waals surface area contributed by atoms with Crippen LogP contribution in [-0.2, 0) is 9.59 Å². The third-order valence-corrected chi connectivity index (χ3v) is 4.01. The zero-order valence-electron chi connectivity index (χ0n) is 15.6. The van der Waals surface area contributed by atoms with Gasteiger partial charge in [0.25, 0.3) is 0 Å². The number of anilines is 1. The molecule has 2 amide bonds. The van der Waals surface area contributed by atoms with Crippen molar-refractivity contribution in [3.8, 4) is 5.69 Å². The van der Waals surface area contributed by atoms with Gasteiger partial charge in [-0.2, -0.15) is 18.3 Å². The molecule has 0 spiro atoms. The van der Waals surface area contributed by atoms with E-state index in [2.05, 4.69) is 15.7 Å². The number of amides is 2. The topological polar surface area (TPSA) is 76.0 Å². The maximum atomic E-state index is 13.3. The number of benzene rings is 2. The van der Waals surface area contributed by atoms with Gasteiger partial charge in [-0.15, -0.1) is 0 Å². The SMILES string of the molecule is O=C(/C=C(/c1ccccc1)C(F)(F)F)NCC(=O)Nc1ccc(-n2cccn2)cc1. The van der Waals surface area contributed by atoms with Gasteiger partial charge >= 0.3 is 6.18 Å². The Balaban J connectivity index is 1.58. The predicted molar refractivity (Wildman–Crippen MR) is 106 cm³/mol. The molecule has 0 fully saturated rings. The summed E-state index contributed by atoms with van der Waals surface area (Å²) in [6, 6.07) is 15.5. The molecule has 0 aliphatic rings. The first-order valence-electron chi connectivity index (χ1n) is 8.85. The predicted octanol–water partition coefficient (Wildman–Crippen LogP) is 3.57. The Hall–Kier alpha value is -3.88. The smallest absolute Gasteiger partial charge is 0.343 e. The largest absolute Gasteiger partial charge is 0.417 e. The first kappa shape index (κ1) is 20.8. The van der Waals surface area contributed by atoms with E-state index in [4.69, 9.17) is 0 Å². The van der Waals surface area contributed by atoms with Crippen LogP contribution >= 0.6 is 0 Å². The molecule has 3 aromatic rings. The van der Waals surface area contributed by atoms with Gasteiger partial charge in [0.1, 0.15) is 0 Å². The van der Waals surface area contributed by atoms with Crippen LogP contribution in [0.3, 0.4) is 0 Å². The molecule has 9 heteroatoms. The molecule has 1 heterocycles. The maximum absolute atomic E-state index is 13.3. The first-order chi connectivity index (χ1) is 14.3. The third-order valence-electron chi connectivity index (χ3n) is 4.01. The number of allylic oxidation sites excluding steroid dienone is 1. The minimum Gasteiger partial charge on any atom is -0.343 e. The molecular formula is C21H17F3N4O2. The Labute approximate surface area is 170 Å². The van der Waals surface area contributed by atoms with Gasteiger partial charge in [0.05, 0.1) is 17.8 Å². The summed E-state index contributed by atoms with van der Waals surface area (Å²) < 4.78 is 41.4. The number of nitrogens with zero attached hydrogens (tertiary/aromatic N) is 2. The Morgan fingerprint density at radius 2 is 1.70 bits per heavy atom. The number of hydrogen-bond donors (Lipinski definition) is 2. The average Bonchev–Trinajstić information content (AvgIpc) is 3.26. The molecule has 0 bridgehead atoms. The molecule has 1 aromatic heterocycles. The molecule has 2 aromatic carbocycles. The van der Waals surface area contributed by atoms with Gasteiger partial charge in [-0.05, 0) is 35.9 Å². The van der Waals surface area contributed by atoms with Crippen LogP contribution in [0.25, 0.3) is 11.3 Å². The minimum absolute atomic E-state index is 0.137. The lowest BCUT2D eigenvalue weighted by Crippen LogP contribution is -2.32. The minimum atomic E-state index is -4.71. The molecule has 0 radical (unpaired) electrons. The second kappa shape index (κ2) is 9.08. The third kappa shape index (κ3) is 5.57. The molecule has 30 heavy (non-hydrogen) atoms. The number of aromatic nitrogens is 2. The van der Waals surface area contributed by atoms with Crippen molar-refractivity contribution in [1.82, 2.24) is 15.1 Å². The molecule has 6 nitrogen and oxygen atoms in total. The summed E-state index contributed by atoms with van der Waals surface area (Å²) in [6.07, 6.45) is -0.866. The normalized spacial score (nSPS) is 11.8. The maximum Gasteiger partial charge on any atom is 0.417 e. The molecule has 0 aliphatic carbocycles. The van der Waals surface area contributed by atoms with E-state index in [1.807, 2.05) is 0 Å². The van der Waals surface area contributed by atoms with Crippen LogP contribution in [0.2, 0.25) is 0 Å². The second-order valence-corrected chi connectivity index (χ2v) is 6.19. The second-order valence-electron chi connectivity index (χ2n) is 6.19. The molecule has 0 aliphatic heterocycles. The fourth-order valence-corrected chi connectivity index (χ4v) is 2.62. The molecule has 0 unspecified atom stereocenters. The zero-order chi connectivity index (χ0) is 21.6. The highest BCUT2D eigenvalue weighted by Gasteiger charge is 2.35. The van der Waals surface area contributed by atoms with E-state index >= 15 is 0 Å². The molecule has 0 saturated heterocycles. The average molecular weight is 414 g/mol. The molecule has 0 saturated carbocycles. The summed E-state index contributed by atoms with van der Waals surface area (Å²) in [6.45, 7) is -0.476. The van der Waals surface area contributed by atoms with Gasteiger partial charge in [0.15, 0.2) is 0 Å². The lowest BCUT2D eigenvalue weighted by Gasteiger charge is -2.12. The number of hydrogen-bond acceptors (Lipinski definition) is 3. The number of nitrogens with one attached hydrogen (secondary N) is 2. The number of alkyl halides is 3. The summed E-state index contributed by atoms with van der Waals surface area (Å²) in [5, 5.41) is 8.81. The molecule has 3 rings (SSSR count).